The Labute approximate surface area is 107 Å². The lowest BCUT2D eigenvalue weighted by Gasteiger charge is -2.18. The standard InChI is InChI=1S/C11H11BrClFO2/c1-11(2,3)10(16)7-8(14)6(13)4-5(12)9(7)15/h4,15H,1-3H3. The highest BCUT2D eigenvalue weighted by atomic mass is 79.9. The van der Waals surface area contributed by atoms with Crippen molar-refractivity contribution in [2.45, 2.75) is 20.8 Å². The van der Waals surface area contributed by atoms with Gasteiger partial charge in [-0.3, -0.25) is 4.79 Å². The minimum absolute atomic E-state index is 0.197. The predicted octanol–water partition coefficient (Wildman–Crippen LogP) is 4.18. The molecule has 0 amide bonds. The van der Waals surface area contributed by atoms with Gasteiger partial charge in [-0.2, -0.15) is 0 Å². The molecule has 0 heterocycles. The lowest BCUT2D eigenvalue weighted by atomic mass is 9.86. The van der Waals surface area contributed by atoms with Crippen LogP contribution in [0.25, 0.3) is 0 Å². The summed E-state index contributed by atoms with van der Waals surface area (Å²) in [7, 11) is 0. The first kappa shape index (κ1) is 13.5. The van der Waals surface area contributed by atoms with Crippen LogP contribution in [0.5, 0.6) is 5.75 Å². The van der Waals surface area contributed by atoms with Gasteiger partial charge in [0, 0.05) is 5.41 Å². The first-order valence-corrected chi connectivity index (χ1v) is 5.74. The van der Waals surface area contributed by atoms with E-state index in [0.29, 0.717) is 0 Å². The molecule has 0 atom stereocenters. The normalized spacial score (nSPS) is 11.6. The van der Waals surface area contributed by atoms with Crippen molar-refractivity contribution < 1.29 is 14.3 Å². The Balaban J connectivity index is 3.50. The molecule has 2 nitrogen and oxygen atoms in total. The third-order valence-corrected chi connectivity index (χ3v) is 2.93. The lowest BCUT2D eigenvalue weighted by molar-refractivity contribution is 0.0850. The van der Waals surface area contributed by atoms with Gasteiger partial charge in [-0.1, -0.05) is 32.4 Å². The number of phenolic OH excluding ortho intramolecular Hbond substituents is 1. The molecule has 0 radical (unpaired) electrons. The van der Waals surface area contributed by atoms with Crippen LogP contribution in [0.3, 0.4) is 0 Å². The van der Waals surface area contributed by atoms with Crippen LogP contribution in [0.2, 0.25) is 5.02 Å². The summed E-state index contributed by atoms with van der Waals surface area (Å²) < 4.78 is 13.9. The van der Waals surface area contributed by atoms with Gasteiger partial charge in [-0.05, 0) is 22.0 Å². The number of carbonyl (C=O) groups is 1. The van der Waals surface area contributed by atoms with Gasteiger partial charge in [0.15, 0.2) is 11.6 Å². The summed E-state index contributed by atoms with van der Waals surface area (Å²) in [4.78, 5) is 11.9. The van der Waals surface area contributed by atoms with Gasteiger partial charge in [0.1, 0.15) is 5.75 Å². The van der Waals surface area contributed by atoms with Gasteiger partial charge >= 0.3 is 0 Å². The topological polar surface area (TPSA) is 37.3 Å². The maximum absolute atomic E-state index is 13.7. The maximum atomic E-state index is 13.7. The Morgan fingerprint density at radius 1 is 1.50 bits per heavy atom. The Morgan fingerprint density at radius 3 is 2.44 bits per heavy atom. The quantitative estimate of drug-likeness (QED) is 0.624. The van der Waals surface area contributed by atoms with E-state index >= 15 is 0 Å². The van der Waals surface area contributed by atoms with Crippen LogP contribution in [-0.4, -0.2) is 10.9 Å². The highest BCUT2D eigenvalue weighted by Crippen LogP contribution is 2.37. The first-order chi connectivity index (χ1) is 7.16. The SMILES string of the molecule is CC(C)(C)C(=O)c1c(O)c(Br)cc(Cl)c1F. The highest BCUT2D eigenvalue weighted by molar-refractivity contribution is 9.10. The molecule has 16 heavy (non-hydrogen) atoms. The minimum atomic E-state index is -0.887. The summed E-state index contributed by atoms with van der Waals surface area (Å²) in [6.07, 6.45) is 0. The largest absolute Gasteiger partial charge is 0.506 e. The molecule has 1 aromatic carbocycles. The zero-order chi connectivity index (χ0) is 12.7. The van der Waals surface area contributed by atoms with Crippen molar-refractivity contribution in [1.29, 1.82) is 0 Å². The number of Topliss-reactive ketones (excluding diaryl/α,β-unsaturated/α-hetero) is 1. The molecule has 0 aromatic heterocycles. The van der Waals surface area contributed by atoms with E-state index in [1.54, 1.807) is 20.8 Å². The van der Waals surface area contributed by atoms with E-state index in [9.17, 15) is 14.3 Å². The number of hydrogen-bond acceptors (Lipinski definition) is 2. The second kappa shape index (κ2) is 4.34. The summed E-state index contributed by atoms with van der Waals surface area (Å²) in [6.45, 7) is 4.93. The van der Waals surface area contributed by atoms with Gasteiger partial charge < -0.3 is 5.11 Å². The van der Waals surface area contributed by atoms with E-state index in [1.807, 2.05) is 0 Å². The van der Waals surface area contributed by atoms with Crippen molar-refractivity contribution in [3.05, 3.63) is 26.9 Å². The number of carbonyl (C=O) groups excluding carboxylic acids is 1. The summed E-state index contributed by atoms with van der Waals surface area (Å²) in [5.74, 6) is -1.80. The minimum Gasteiger partial charge on any atom is -0.506 e. The molecule has 88 valence electrons. The smallest absolute Gasteiger partial charge is 0.174 e. The van der Waals surface area contributed by atoms with Crippen molar-refractivity contribution in [2.75, 3.05) is 0 Å². The summed E-state index contributed by atoms with van der Waals surface area (Å²) >= 11 is 8.63. The summed E-state index contributed by atoms with van der Waals surface area (Å²) in [5.41, 5.74) is -1.16. The predicted molar refractivity (Wildman–Crippen MR) is 64.6 cm³/mol. The van der Waals surface area contributed by atoms with E-state index in [4.69, 9.17) is 11.6 Å². The van der Waals surface area contributed by atoms with Crippen LogP contribution >= 0.6 is 27.5 Å². The van der Waals surface area contributed by atoms with E-state index in [1.165, 1.54) is 6.07 Å². The monoisotopic (exact) mass is 308 g/mol. The molecule has 0 aliphatic heterocycles. The number of hydrogen-bond donors (Lipinski definition) is 1. The van der Waals surface area contributed by atoms with Crippen molar-refractivity contribution in [1.82, 2.24) is 0 Å². The van der Waals surface area contributed by atoms with Crippen LogP contribution in [0, 0.1) is 11.2 Å². The number of aromatic hydroxyl groups is 1. The molecule has 1 aromatic rings. The van der Waals surface area contributed by atoms with E-state index in [0.717, 1.165) is 0 Å². The molecule has 1 N–H and O–H groups in total. The molecule has 0 bridgehead atoms. The summed E-state index contributed by atoms with van der Waals surface area (Å²) in [6, 6.07) is 1.21. The van der Waals surface area contributed by atoms with Crippen molar-refractivity contribution in [3.63, 3.8) is 0 Å². The number of ketones is 1. The van der Waals surface area contributed by atoms with E-state index in [-0.39, 0.29) is 15.1 Å². The molecule has 0 unspecified atom stereocenters. The molecule has 0 spiro atoms. The van der Waals surface area contributed by atoms with Gasteiger partial charge in [0.25, 0.3) is 0 Å². The first-order valence-electron chi connectivity index (χ1n) is 4.57. The molecule has 0 aliphatic rings. The number of phenols is 1. The second-order valence-electron chi connectivity index (χ2n) is 4.46. The zero-order valence-corrected chi connectivity index (χ0v) is 11.4. The maximum Gasteiger partial charge on any atom is 0.174 e. The zero-order valence-electron chi connectivity index (χ0n) is 9.07. The molecule has 0 aliphatic carbocycles. The van der Waals surface area contributed by atoms with Gasteiger partial charge in [0.05, 0.1) is 15.1 Å². The number of halogens is 3. The fourth-order valence-electron chi connectivity index (χ4n) is 1.17. The van der Waals surface area contributed by atoms with Crippen molar-refractivity contribution in [3.8, 4) is 5.75 Å². The molecule has 0 saturated heterocycles. The molecule has 1 rings (SSSR count). The molecule has 0 fully saturated rings. The Kier molecular flexibility index (Phi) is 3.65. The van der Waals surface area contributed by atoms with E-state index in [2.05, 4.69) is 15.9 Å². The molecule has 0 saturated carbocycles. The number of benzene rings is 1. The lowest BCUT2D eigenvalue weighted by Crippen LogP contribution is -2.21. The average Bonchev–Trinajstić information content (AvgIpc) is 2.13. The van der Waals surface area contributed by atoms with Crippen LogP contribution in [0.15, 0.2) is 10.5 Å². The number of rotatable bonds is 1. The van der Waals surface area contributed by atoms with Gasteiger partial charge in [-0.15, -0.1) is 0 Å². The van der Waals surface area contributed by atoms with Gasteiger partial charge in [0.2, 0.25) is 0 Å². The molecular weight excluding hydrogens is 298 g/mol. The average molecular weight is 310 g/mol. The fourth-order valence-corrected chi connectivity index (χ4v) is 1.93. The van der Waals surface area contributed by atoms with Crippen LogP contribution in [0.4, 0.5) is 4.39 Å². The van der Waals surface area contributed by atoms with Crippen LogP contribution in [0.1, 0.15) is 31.1 Å². The van der Waals surface area contributed by atoms with Crippen molar-refractivity contribution >= 4 is 33.3 Å². The molecular formula is C11H11BrClFO2. The third-order valence-electron chi connectivity index (χ3n) is 2.05. The van der Waals surface area contributed by atoms with Crippen LogP contribution < -0.4 is 0 Å². The van der Waals surface area contributed by atoms with Crippen LogP contribution in [-0.2, 0) is 0 Å². The van der Waals surface area contributed by atoms with Crippen molar-refractivity contribution in [2.24, 2.45) is 5.41 Å². The fraction of sp³-hybridized carbons (Fsp3) is 0.364. The Hall–Kier alpha value is -0.610. The second-order valence-corrected chi connectivity index (χ2v) is 5.72. The summed E-state index contributed by atoms with van der Waals surface area (Å²) in [5, 5.41) is 9.47. The van der Waals surface area contributed by atoms with Gasteiger partial charge in [-0.25, -0.2) is 4.39 Å². The third kappa shape index (κ3) is 2.38. The highest BCUT2D eigenvalue weighted by Gasteiger charge is 2.30. The van der Waals surface area contributed by atoms with E-state index < -0.39 is 22.8 Å². The molecule has 5 heteroatoms. The Bertz CT molecular complexity index is 426. The Morgan fingerprint density at radius 2 is 2.00 bits per heavy atom.